The van der Waals surface area contributed by atoms with Crippen molar-refractivity contribution in [1.29, 1.82) is 0 Å². The fraction of sp³-hybridized carbons (Fsp3) is 0.407. The number of carbonyl (C=O) groups excluding carboxylic acids is 2. The van der Waals surface area contributed by atoms with Crippen LogP contribution in [0.2, 0.25) is 0 Å². The number of anilines is 1. The third kappa shape index (κ3) is 20.0. The minimum absolute atomic E-state index is 0. The summed E-state index contributed by atoms with van der Waals surface area (Å²) < 4.78 is 20.0. The molecule has 2 N–H and O–H groups in total. The van der Waals surface area contributed by atoms with Crippen molar-refractivity contribution >= 4 is 90.8 Å². The molecule has 0 spiro atoms. The van der Waals surface area contributed by atoms with Gasteiger partial charge in [-0.1, -0.05) is 92.4 Å². The number of rotatable bonds is 13. The topological polar surface area (TPSA) is 94.8 Å². The first-order valence-corrected chi connectivity index (χ1v) is 28.3. The lowest BCUT2D eigenvalue weighted by Gasteiger charge is -2.19. The lowest BCUT2D eigenvalue weighted by atomic mass is 10.1. The zero-order valence-corrected chi connectivity index (χ0v) is 52.0. The Hall–Kier alpha value is -4.71. The number of halogens is 2. The largest absolute Gasteiger partial charge is 1.00 e. The van der Waals surface area contributed by atoms with E-state index in [9.17, 15) is 9.59 Å². The highest BCUT2D eigenvalue weighted by atomic mass is 79.9. The molecule has 0 saturated carbocycles. The molecule has 0 saturated heterocycles. The van der Waals surface area contributed by atoms with Crippen molar-refractivity contribution in [3.05, 3.63) is 138 Å². The molecule has 11 nitrogen and oxygen atoms in total. The monoisotopic (exact) mass is 1200 g/mol. The Balaban J connectivity index is 0.000000297. The number of carbonyl (C=O) groups is 2. The van der Waals surface area contributed by atoms with Gasteiger partial charge >= 0.3 is 12.2 Å². The van der Waals surface area contributed by atoms with Crippen LogP contribution in [0.25, 0.3) is 38.1 Å². The van der Waals surface area contributed by atoms with E-state index in [1.165, 1.54) is 82.7 Å². The third-order valence-corrected chi connectivity index (χ3v) is 15.4. The molecular weight excluding hydrogens is 1130 g/mol. The molecule has 0 bridgehead atoms. The first-order chi connectivity index (χ1) is 34.9. The summed E-state index contributed by atoms with van der Waals surface area (Å²) in [5.41, 5.74) is 6.52. The van der Waals surface area contributed by atoms with Gasteiger partial charge in [0.2, 0.25) is 16.6 Å². The van der Waals surface area contributed by atoms with Crippen molar-refractivity contribution in [2.75, 3.05) is 50.9 Å². The van der Waals surface area contributed by atoms with Gasteiger partial charge in [-0.3, -0.25) is 0 Å². The van der Waals surface area contributed by atoms with E-state index in [4.69, 9.17) is 9.47 Å². The minimum atomic E-state index is -0.480. The Bertz CT molecular complexity index is 2930. The number of fused-ring (bicyclic) bond motifs is 4. The van der Waals surface area contributed by atoms with E-state index in [1.807, 2.05) is 52.9 Å². The van der Waals surface area contributed by atoms with Crippen LogP contribution in [0, 0.1) is 6.92 Å². The molecule has 75 heavy (non-hydrogen) atoms. The summed E-state index contributed by atoms with van der Waals surface area (Å²) in [5, 5.41) is 9.33. The Morgan fingerprint density at radius 3 is 1.67 bits per heavy atom. The zero-order chi connectivity index (χ0) is 53.1. The first-order valence-electron chi connectivity index (χ1n) is 25.4. The summed E-state index contributed by atoms with van der Waals surface area (Å²) in [7, 11) is 4.23. The van der Waals surface area contributed by atoms with E-state index in [2.05, 4.69) is 210 Å². The number of benzene rings is 4. The van der Waals surface area contributed by atoms with Crippen LogP contribution in [0.5, 0.6) is 0 Å². The summed E-state index contributed by atoms with van der Waals surface area (Å²) in [6.45, 7) is 26.3. The number of aromatic nitrogens is 3. The van der Waals surface area contributed by atoms with Crippen LogP contribution < -0.4 is 63.2 Å². The van der Waals surface area contributed by atoms with Crippen LogP contribution >= 0.6 is 34.9 Å². The summed E-state index contributed by atoms with van der Waals surface area (Å²) in [5.74, 6) is 0. The van der Waals surface area contributed by atoms with Gasteiger partial charge in [0.15, 0.2) is 25.5 Å². The van der Waals surface area contributed by atoms with E-state index < -0.39 is 11.2 Å². The van der Waals surface area contributed by atoms with E-state index in [1.54, 1.807) is 23.5 Å². The van der Waals surface area contributed by atoms with Crippen molar-refractivity contribution in [1.82, 2.24) is 15.5 Å². The van der Waals surface area contributed by atoms with E-state index in [0.29, 0.717) is 13.1 Å². The van der Waals surface area contributed by atoms with Crippen LogP contribution in [0.15, 0.2) is 136 Å². The quantitative estimate of drug-likeness (QED) is 0.0747. The molecule has 406 valence electrons. The first kappa shape index (κ1) is 64.6. The van der Waals surface area contributed by atoms with Gasteiger partial charge < -0.3 is 63.9 Å². The lowest BCUT2D eigenvalue weighted by Crippen LogP contribution is -3.00. The average molecular weight is 1210 g/mol. The maximum absolute atomic E-state index is 11.8. The second kappa shape index (κ2) is 31.5. The highest BCUT2D eigenvalue weighted by molar-refractivity contribution is 8.04. The SMILES string of the molecule is CCN(CC)CC.CN1/C(=C\c2cc[n+](CCCNC(=O)OC(C)(C)C)c3ccccc23)Sc2ccccc21.CSc1sc2ccccc2[n+]1C.Cc1cc[n+](CCCNC(=O)OC(C)(C)C)c2ccccc12.[Br-].[Br-]. The Morgan fingerprint density at radius 1 is 0.680 bits per heavy atom. The molecule has 0 unspecified atom stereocenters. The number of amides is 2. The molecule has 2 amide bonds. The molecular formula is C59H80Br2N7O4S3+. The molecule has 4 aromatic carbocycles. The molecule has 1 aliphatic heterocycles. The average Bonchev–Trinajstić information content (AvgIpc) is 3.87. The van der Waals surface area contributed by atoms with Crippen molar-refractivity contribution in [3.63, 3.8) is 0 Å². The number of hydrogen-bond donors (Lipinski definition) is 2. The minimum Gasteiger partial charge on any atom is -1.00 e. The van der Waals surface area contributed by atoms with Crippen molar-refractivity contribution < 1.29 is 66.7 Å². The standard InChI is InChI=1S/C26H29N3O2S.C18H24N2O2.C9H10NS2.C6H15N.2BrH/c1-26(2,3)31-25(30)27-15-9-16-29-17-14-19(20-10-5-6-11-21(20)29)18-24-28(4)22-12-7-8-13-23(22)32-24;1-14-10-13-20(16-9-6-5-8-15(14)16)12-7-11-19-17(21)22-18(2,3)4;1-10-7-5-3-4-6-8(7)12-9(10)11-2;1-4-7(5-2)6-3;;/h5-8,10-14,17-18H,9,15-16H2,1-4H3;5-6,8-10,13H,7,11-12H2,1-4H3;3-6H,1-2H3;4-6H2,1-3H3;2*1H/q;;+1;;;. The summed E-state index contributed by atoms with van der Waals surface area (Å²) >= 11 is 5.46. The number of thiazole rings is 1. The summed E-state index contributed by atoms with van der Waals surface area (Å²) in [6.07, 6.45) is 9.57. The molecule has 3 aromatic heterocycles. The molecule has 0 atom stereocenters. The zero-order valence-electron chi connectivity index (χ0n) is 46.3. The molecule has 16 heteroatoms. The number of hydrogen-bond acceptors (Lipinski definition) is 9. The second-order valence-corrected chi connectivity index (χ2v) is 22.7. The van der Waals surface area contributed by atoms with Crippen LogP contribution in [-0.4, -0.2) is 74.3 Å². The maximum Gasteiger partial charge on any atom is 0.407 e. The number of nitrogens with zero attached hydrogens (tertiary/aromatic N) is 5. The number of thioether (sulfide) groups is 2. The van der Waals surface area contributed by atoms with Crippen LogP contribution in [0.3, 0.4) is 0 Å². The predicted molar refractivity (Wildman–Crippen MR) is 308 cm³/mol. The van der Waals surface area contributed by atoms with Crippen molar-refractivity contribution in [2.24, 2.45) is 7.05 Å². The molecule has 7 aromatic rings. The van der Waals surface area contributed by atoms with Gasteiger partial charge in [-0.15, -0.1) is 0 Å². The van der Waals surface area contributed by atoms with E-state index >= 15 is 0 Å². The fourth-order valence-corrected chi connectivity index (χ4v) is 11.0. The smallest absolute Gasteiger partial charge is 0.407 e. The fourth-order valence-electron chi connectivity index (χ4n) is 8.07. The van der Waals surface area contributed by atoms with Gasteiger partial charge in [0.1, 0.15) is 22.9 Å². The van der Waals surface area contributed by atoms with Crippen LogP contribution in [0.1, 0.15) is 86.3 Å². The van der Waals surface area contributed by atoms with Crippen molar-refractivity contribution in [2.45, 2.75) is 116 Å². The number of ether oxygens (including phenoxy) is 2. The molecule has 0 aliphatic carbocycles. The van der Waals surface area contributed by atoms with Gasteiger partial charge in [0, 0.05) is 73.6 Å². The summed E-state index contributed by atoms with van der Waals surface area (Å²) in [4.78, 5) is 29.3. The number of pyridine rings is 2. The van der Waals surface area contributed by atoms with Gasteiger partial charge in [-0.05, 0) is 134 Å². The molecule has 4 heterocycles. The predicted octanol–water partition coefficient (Wildman–Crippen LogP) is 6.74. The number of nitrogens with one attached hydrogen (secondary N) is 2. The van der Waals surface area contributed by atoms with Crippen LogP contribution in [0.4, 0.5) is 15.3 Å². The normalized spacial score (nSPS) is 12.3. The van der Waals surface area contributed by atoms with E-state index in [-0.39, 0.29) is 46.1 Å². The van der Waals surface area contributed by atoms with Crippen molar-refractivity contribution in [3.8, 4) is 0 Å². The Labute approximate surface area is 481 Å². The highest BCUT2D eigenvalue weighted by Crippen LogP contribution is 2.45. The number of alkyl carbamates (subject to hydrolysis) is 2. The number of para-hydroxylation sites is 4. The summed E-state index contributed by atoms with van der Waals surface area (Å²) in [6, 6.07) is 38.1. The Kier molecular flexibility index (Phi) is 27.1. The number of aryl methyl sites for hydroxylation is 4. The van der Waals surface area contributed by atoms with E-state index in [0.717, 1.165) is 25.9 Å². The molecule has 1 aliphatic rings. The third-order valence-electron chi connectivity index (χ3n) is 11.9. The van der Waals surface area contributed by atoms with Crippen LogP contribution in [-0.2, 0) is 29.6 Å². The second-order valence-electron chi connectivity index (χ2n) is 19.6. The maximum atomic E-state index is 11.8. The lowest BCUT2D eigenvalue weighted by molar-refractivity contribution is -0.676. The van der Waals surface area contributed by atoms with Gasteiger partial charge in [0.25, 0.3) is 4.34 Å². The highest BCUT2D eigenvalue weighted by Gasteiger charge is 2.23. The molecule has 0 fully saturated rings. The Morgan fingerprint density at radius 2 is 1.16 bits per heavy atom. The molecule has 0 radical (unpaired) electrons. The van der Waals surface area contributed by atoms with Gasteiger partial charge in [-0.25, -0.2) is 9.59 Å². The van der Waals surface area contributed by atoms with Gasteiger partial charge in [0.05, 0.1) is 16.1 Å². The van der Waals surface area contributed by atoms with Gasteiger partial charge in [-0.2, -0.15) is 13.7 Å². The molecule has 8 rings (SSSR count).